The topological polar surface area (TPSA) is 68.6 Å². The summed E-state index contributed by atoms with van der Waals surface area (Å²) >= 11 is 6.97. The zero-order valence-corrected chi connectivity index (χ0v) is 18.8. The van der Waals surface area contributed by atoms with Crippen LogP contribution in [-0.4, -0.2) is 33.2 Å². The second-order valence-corrected chi connectivity index (χ2v) is 10.2. The molecular weight excluding hydrogens is 461 g/mol. The number of carbonyl (C=O) groups excluding carboxylic acids is 1. The molecule has 0 radical (unpaired) electrons. The molecule has 1 aromatic carbocycles. The fourth-order valence-corrected chi connectivity index (χ4v) is 3.95. The van der Waals surface area contributed by atoms with E-state index < -0.39 is 33.4 Å². The monoisotopic (exact) mass is 478 g/mol. The highest BCUT2D eigenvalue weighted by Crippen LogP contribution is 2.42. The number of methoxy groups -OCH3 is 1. The highest BCUT2D eigenvalue weighted by atomic mass is 35.5. The molecule has 1 heterocycles. The normalized spacial score (nSPS) is 13.5. The Morgan fingerprint density at radius 3 is 2.50 bits per heavy atom. The Balaban J connectivity index is 2.67. The van der Waals surface area contributed by atoms with Gasteiger partial charge in [-0.15, -0.1) is 0 Å². The Hall–Kier alpha value is -1.91. The number of hydrogen-bond donors (Lipinski definition) is 0. The summed E-state index contributed by atoms with van der Waals surface area (Å²) < 4.78 is 60.9. The van der Waals surface area contributed by atoms with Crippen LogP contribution in [0, 0.1) is 0 Å². The van der Waals surface area contributed by atoms with Crippen molar-refractivity contribution >= 4 is 46.5 Å². The van der Waals surface area contributed by atoms with Crippen LogP contribution in [0.5, 0.6) is 0 Å². The van der Waals surface area contributed by atoms with Crippen LogP contribution in [0.1, 0.15) is 42.3 Å². The molecule has 0 aliphatic carbocycles. The van der Waals surface area contributed by atoms with E-state index in [0.29, 0.717) is 0 Å². The Bertz CT molecular complexity index is 1010. The number of nitrogens with zero attached hydrogens (tertiary/aromatic N) is 2. The lowest BCUT2D eigenvalue weighted by Crippen LogP contribution is -2.20. The summed E-state index contributed by atoms with van der Waals surface area (Å²) in [6.45, 7) is 4.94. The molecule has 0 N–H and O–H groups in total. The molecule has 0 saturated heterocycles. The van der Waals surface area contributed by atoms with Crippen molar-refractivity contribution < 1.29 is 26.9 Å². The maximum absolute atomic E-state index is 13.6. The van der Waals surface area contributed by atoms with Gasteiger partial charge in [0.1, 0.15) is 16.0 Å². The van der Waals surface area contributed by atoms with E-state index in [0.717, 1.165) is 30.1 Å². The van der Waals surface area contributed by atoms with Gasteiger partial charge >= 0.3 is 12.1 Å². The van der Waals surface area contributed by atoms with E-state index in [1.165, 1.54) is 25.4 Å². The molecule has 1 unspecified atom stereocenters. The smallest absolute Gasteiger partial charge is 0.417 e. The van der Waals surface area contributed by atoms with Crippen LogP contribution in [0.3, 0.4) is 0 Å². The molecule has 0 aliphatic rings. The number of benzene rings is 1. The maximum Gasteiger partial charge on any atom is 0.417 e. The van der Waals surface area contributed by atoms with E-state index in [1.54, 1.807) is 20.8 Å². The summed E-state index contributed by atoms with van der Waals surface area (Å²) in [5.74, 6) is -0.697. The molecule has 0 fully saturated rings. The van der Waals surface area contributed by atoms with E-state index in [1.807, 2.05) is 0 Å². The van der Waals surface area contributed by atoms with Gasteiger partial charge < -0.3 is 4.74 Å². The van der Waals surface area contributed by atoms with Crippen LogP contribution in [-0.2, 0) is 21.9 Å². The molecular formula is C19H18ClF3N2O3S2. The van der Waals surface area contributed by atoms with Crippen molar-refractivity contribution in [3.8, 4) is 0 Å². The predicted molar refractivity (Wildman–Crippen MR) is 112 cm³/mol. The maximum atomic E-state index is 13.6. The Labute approximate surface area is 183 Å². The Morgan fingerprint density at radius 1 is 1.27 bits per heavy atom. The van der Waals surface area contributed by atoms with Crippen molar-refractivity contribution in [1.29, 1.82) is 0 Å². The third-order valence-corrected chi connectivity index (χ3v) is 6.56. The Kier molecular flexibility index (Phi) is 7.70. The second kappa shape index (κ2) is 9.49. The summed E-state index contributed by atoms with van der Waals surface area (Å²) in [4.78, 5) is 16.0. The molecule has 1 atom stereocenters. The number of carbonyl (C=O) groups is 1. The number of rotatable bonds is 5. The lowest BCUT2D eigenvalue weighted by Gasteiger charge is -2.17. The summed E-state index contributed by atoms with van der Waals surface area (Å²) in [5, 5.41) is 0.106. The minimum atomic E-state index is -4.71. The molecule has 11 heteroatoms. The van der Waals surface area contributed by atoms with Gasteiger partial charge in [0.05, 0.1) is 28.0 Å². The van der Waals surface area contributed by atoms with Crippen LogP contribution < -0.4 is 0 Å². The molecule has 1 aromatic heterocycles. The van der Waals surface area contributed by atoms with E-state index in [9.17, 15) is 22.2 Å². The van der Waals surface area contributed by atoms with Crippen LogP contribution in [0.15, 0.2) is 44.8 Å². The van der Waals surface area contributed by atoms with Gasteiger partial charge in [-0.1, -0.05) is 23.4 Å². The average Bonchev–Trinajstić information content (AvgIpc) is 2.66. The van der Waals surface area contributed by atoms with E-state index in [2.05, 4.69) is 9.38 Å². The second-order valence-electron chi connectivity index (χ2n) is 6.88. The third-order valence-electron chi connectivity index (χ3n) is 3.63. The van der Waals surface area contributed by atoms with Crippen LogP contribution in [0.2, 0.25) is 5.02 Å². The molecule has 2 rings (SSSR count). The number of ether oxygens (including phenoxy) is 1. The molecule has 0 amide bonds. The number of esters is 1. The summed E-state index contributed by atoms with van der Waals surface area (Å²) in [5.41, 5.74) is -1.29. The van der Waals surface area contributed by atoms with Gasteiger partial charge in [0.15, 0.2) is 0 Å². The summed E-state index contributed by atoms with van der Waals surface area (Å²) in [7, 11) is -0.606. The third kappa shape index (κ3) is 5.83. The Morgan fingerprint density at radius 2 is 1.93 bits per heavy atom. The SMILES string of the molecule is COC(=O)c1cccnc1Sc1c(Cl)ccc(C(F)(F)F)c1/C=N/S(=O)C(C)(C)C. The summed E-state index contributed by atoms with van der Waals surface area (Å²) in [6, 6.07) is 4.86. The predicted octanol–water partition coefficient (Wildman–Crippen LogP) is 5.57. The van der Waals surface area contributed by atoms with Gasteiger partial charge in [-0.3, -0.25) is 0 Å². The van der Waals surface area contributed by atoms with Gasteiger partial charge in [-0.25, -0.2) is 14.0 Å². The zero-order valence-electron chi connectivity index (χ0n) is 16.4. The zero-order chi connectivity index (χ0) is 22.7. The van der Waals surface area contributed by atoms with Crippen LogP contribution in [0.25, 0.3) is 0 Å². The van der Waals surface area contributed by atoms with Gasteiger partial charge in [-0.05, 0) is 45.0 Å². The number of halogens is 4. The standard InChI is InChI=1S/C19H18ClF3N2O3S2/c1-18(2,3)30(27)25-10-12-13(19(21,22)23)7-8-14(20)15(12)29-16-11(17(26)28-4)6-5-9-24-16/h5-10H,1-4H3/b25-10+. The molecule has 162 valence electrons. The largest absolute Gasteiger partial charge is 0.465 e. The van der Waals surface area contributed by atoms with Crippen LogP contribution in [0.4, 0.5) is 13.2 Å². The average molecular weight is 479 g/mol. The molecule has 30 heavy (non-hydrogen) atoms. The fourth-order valence-electron chi connectivity index (χ4n) is 2.14. The number of pyridine rings is 1. The lowest BCUT2D eigenvalue weighted by atomic mass is 10.1. The number of alkyl halides is 3. The van der Waals surface area contributed by atoms with Gasteiger partial charge in [-0.2, -0.15) is 17.6 Å². The van der Waals surface area contributed by atoms with Crippen molar-refractivity contribution in [2.45, 2.75) is 41.6 Å². The molecule has 5 nitrogen and oxygen atoms in total. The van der Waals surface area contributed by atoms with E-state index in [4.69, 9.17) is 16.3 Å². The van der Waals surface area contributed by atoms with Crippen LogP contribution >= 0.6 is 23.4 Å². The van der Waals surface area contributed by atoms with Gasteiger partial charge in [0.2, 0.25) is 0 Å². The molecule has 0 bridgehead atoms. The highest BCUT2D eigenvalue weighted by Gasteiger charge is 2.35. The van der Waals surface area contributed by atoms with Crippen molar-refractivity contribution in [3.63, 3.8) is 0 Å². The van der Waals surface area contributed by atoms with Gasteiger partial charge in [0.25, 0.3) is 0 Å². The quantitative estimate of drug-likeness (QED) is 0.415. The van der Waals surface area contributed by atoms with Gasteiger partial charge in [0, 0.05) is 22.9 Å². The van der Waals surface area contributed by atoms with E-state index >= 15 is 0 Å². The van der Waals surface area contributed by atoms with Crippen molar-refractivity contribution in [2.24, 2.45) is 4.40 Å². The molecule has 0 saturated carbocycles. The first-order valence-corrected chi connectivity index (χ1v) is 10.7. The first kappa shape index (κ1) is 24.4. The summed E-state index contributed by atoms with van der Waals surface area (Å²) in [6.07, 6.45) is -2.42. The molecule has 0 spiro atoms. The van der Waals surface area contributed by atoms with E-state index in [-0.39, 0.29) is 26.1 Å². The first-order chi connectivity index (χ1) is 13.9. The minimum Gasteiger partial charge on any atom is -0.465 e. The van der Waals surface area contributed by atoms with Crippen molar-refractivity contribution in [1.82, 2.24) is 4.98 Å². The van der Waals surface area contributed by atoms with Crippen molar-refractivity contribution in [3.05, 3.63) is 52.2 Å². The van der Waals surface area contributed by atoms with Crippen molar-refractivity contribution in [2.75, 3.05) is 7.11 Å². The number of hydrogen-bond acceptors (Lipinski definition) is 5. The molecule has 2 aromatic rings. The fraction of sp³-hybridized carbons (Fsp3) is 0.316. The lowest BCUT2D eigenvalue weighted by molar-refractivity contribution is -0.137. The minimum absolute atomic E-state index is 0.00235. The highest BCUT2D eigenvalue weighted by molar-refractivity contribution is 7.99. The number of aromatic nitrogens is 1. The first-order valence-electron chi connectivity index (χ1n) is 8.43. The molecule has 0 aliphatic heterocycles.